The zero-order chi connectivity index (χ0) is 18.5. The molecule has 1 saturated heterocycles. The number of halogens is 1. The van der Waals surface area contributed by atoms with Gasteiger partial charge in [-0.3, -0.25) is 9.69 Å². The van der Waals surface area contributed by atoms with Gasteiger partial charge in [-0.15, -0.1) is 0 Å². The average molecular weight is 371 g/mol. The zero-order valence-electron chi connectivity index (χ0n) is 15.5. The van der Waals surface area contributed by atoms with Crippen LogP contribution >= 0.6 is 11.6 Å². The predicted molar refractivity (Wildman–Crippen MR) is 107 cm³/mol. The van der Waals surface area contributed by atoms with E-state index in [0.29, 0.717) is 0 Å². The molecule has 3 rings (SSSR count). The van der Waals surface area contributed by atoms with E-state index in [9.17, 15) is 4.79 Å². The van der Waals surface area contributed by atoms with E-state index in [-0.39, 0.29) is 17.9 Å². The minimum Gasteiger partial charge on any atom is -0.349 e. The second kappa shape index (κ2) is 8.70. The molecule has 3 nitrogen and oxygen atoms in total. The fourth-order valence-corrected chi connectivity index (χ4v) is 3.69. The van der Waals surface area contributed by atoms with Crippen molar-refractivity contribution >= 4 is 17.5 Å². The Kier molecular flexibility index (Phi) is 6.33. The van der Waals surface area contributed by atoms with Crippen molar-refractivity contribution in [3.63, 3.8) is 0 Å². The number of nitrogens with zero attached hydrogens (tertiary/aromatic N) is 1. The van der Waals surface area contributed by atoms with Gasteiger partial charge >= 0.3 is 0 Å². The molecule has 1 aliphatic rings. The highest BCUT2D eigenvalue weighted by Crippen LogP contribution is 2.23. The number of carbonyl (C=O) groups is 1. The molecule has 0 spiro atoms. The second-order valence-electron chi connectivity index (χ2n) is 7.28. The molecule has 0 aromatic heterocycles. The summed E-state index contributed by atoms with van der Waals surface area (Å²) in [5.41, 5.74) is 3.54. The van der Waals surface area contributed by atoms with E-state index in [1.807, 2.05) is 18.2 Å². The standard InChI is InChI=1S/C22H27ClN2O/c1-16-7-9-18(10-8-16)17(2)24-22(26)19-11-13-25(14-12-19)15-20-5-3-4-6-21(20)23/h3-10,17,19H,11-15H2,1-2H3,(H,24,26)/t17-/m1/s1. The van der Waals surface area contributed by atoms with E-state index < -0.39 is 0 Å². The van der Waals surface area contributed by atoms with Crippen molar-refractivity contribution in [2.45, 2.75) is 39.3 Å². The SMILES string of the molecule is Cc1ccc([C@@H](C)NC(=O)C2CCN(Cc3ccccc3Cl)CC2)cc1. The van der Waals surface area contributed by atoms with E-state index in [4.69, 9.17) is 11.6 Å². The molecule has 138 valence electrons. The van der Waals surface area contributed by atoms with Crippen molar-refractivity contribution in [2.24, 2.45) is 5.92 Å². The smallest absolute Gasteiger partial charge is 0.223 e. The molecule has 0 aliphatic carbocycles. The van der Waals surface area contributed by atoms with Crippen LogP contribution < -0.4 is 5.32 Å². The first kappa shape index (κ1) is 18.9. The Morgan fingerprint density at radius 1 is 1.15 bits per heavy atom. The Morgan fingerprint density at radius 2 is 1.81 bits per heavy atom. The zero-order valence-corrected chi connectivity index (χ0v) is 16.3. The summed E-state index contributed by atoms with van der Waals surface area (Å²) in [7, 11) is 0. The lowest BCUT2D eigenvalue weighted by atomic mass is 9.94. The lowest BCUT2D eigenvalue weighted by Crippen LogP contribution is -2.40. The van der Waals surface area contributed by atoms with Crippen LogP contribution in [0.1, 0.15) is 42.5 Å². The molecule has 0 bridgehead atoms. The van der Waals surface area contributed by atoms with Gasteiger partial charge in [-0.05, 0) is 57.0 Å². The summed E-state index contributed by atoms with van der Waals surface area (Å²) in [5.74, 6) is 0.279. The first-order valence-corrected chi connectivity index (χ1v) is 9.73. The van der Waals surface area contributed by atoms with Gasteiger partial charge in [0.25, 0.3) is 0 Å². The van der Waals surface area contributed by atoms with Crippen molar-refractivity contribution in [1.29, 1.82) is 0 Å². The quantitative estimate of drug-likeness (QED) is 0.824. The first-order chi connectivity index (χ1) is 12.5. The number of carbonyl (C=O) groups excluding carboxylic acids is 1. The molecule has 1 N–H and O–H groups in total. The van der Waals surface area contributed by atoms with Crippen LogP contribution in [0.4, 0.5) is 0 Å². The molecule has 0 radical (unpaired) electrons. The Morgan fingerprint density at radius 3 is 2.46 bits per heavy atom. The number of aryl methyl sites for hydroxylation is 1. The normalized spacial score (nSPS) is 17.0. The van der Waals surface area contributed by atoms with Crippen LogP contribution in [0.25, 0.3) is 0 Å². The van der Waals surface area contributed by atoms with E-state index in [0.717, 1.165) is 48.6 Å². The molecule has 1 fully saturated rings. The highest BCUT2D eigenvalue weighted by Gasteiger charge is 2.26. The minimum absolute atomic E-state index is 0.0456. The summed E-state index contributed by atoms with van der Waals surface area (Å²) in [6, 6.07) is 16.4. The van der Waals surface area contributed by atoms with Crippen molar-refractivity contribution < 1.29 is 4.79 Å². The Bertz CT molecular complexity index is 736. The molecule has 2 aromatic rings. The fraction of sp³-hybridized carbons (Fsp3) is 0.409. The number of likely N-dealkylation sites (tertiary alicyclic amines) is 1. The van der Waals surface area contributed by atoms with Gasteiger partial charge in [0.15, 0.2) is 0 Å². The van der Waals surface area contributed by atoms with Gasteiger partial charge in [0.2, 0.25) is 5.91 Å². The van der Waals surface area contributed by atoms with Crippen LogP contribution in [0, 0.1) is 12.8 Å². The van der Waals surface area contributed by atoms with Gasteiger partial charge in [0.1, 0.15) is 0 Å². The number of nitrogens with one attached hydrogen (secondary N) is 1. The summed E-state index contributed by atoms with van der Waals surface area (Å²) in [4.78, 5) is 15.0. The van der Waals surface area contributed by atoms with Gasteiger partial charge < -0.3 is 5.32 Å². The van der Waals surface area contributed by atoms with Crippen LogP contribution in [0.3, 0.4) is 0 Å². The van der Waals surface area contributed by atoms with Crippen molar-refractivity contribution in [3.8, 4) is 0 Å². The van der Waals surface area contributed by atoms with Crippen molar-refractivity contribution in [3.05, 3.63) is 70.2 Å². The molecule has 1 amide bonds. The monoisotopic (exact) mass is 370 g/mol. The number of piperidine rings is 1. The summed E-state index contributed by atoms with van der Waals surface area (Å²) < 4.78 is 0. The Labute approximate surface area is 161 Å². The van der Waals surface area contributed by atoms with Gasteiger partial charge in [-0.25, -0.2) is 0 Å². The third kappa shape index (κ3) is 4.87. The number of hydrogen-bond donors (Lipinski definition) is 1. The first-order valence-electron chi connectivity index (χ1n) is 9.35. The third-order valence-electron chi connectivity index (χ3n) is 5.25. The largest absolute Gasteiger partial charge is 0.349 e. The van der Waals surface area contributed by atoms with Gasteiger partial charge in [0, 0.05) is 17.5 Å². The Hall–Kier alpha value is -1.84. The maximum Gasteiger partial charge on any atom is 0.223 e. The molecule has 0 saturated carbocycles. The van der Waals surface area contributed by atoms with Crippen LogP contribution in [-0.4, -0.2) is 23.9 Å². The Balaban J connectivity index is 1.49. The number of rotatable bonds is 5. The van der Waals surface area contributed by atoms with E-state index in [2.05, 4.69) is 54.4 Å². The van der Waals surface area contributed by atoms with E-state index >= 15 is 0 Å². The van der Waals surface area contributed by atoms with Crippen LogP contribution in [-0.2, 0) is 11.3 Å². The lowest BCUT2D eigenvalue weighted by molar-refractivity contribution is -0.127. The summed E-state index contributed by atoms with van der Waals surface area (Å²) >= 11 is 6.26. The highest BCUT2D eigenvalue weighted by molar-refractivity contribution is 6.31. The molecule has 1 atom stereocenters. The van der Waals surface area contributed by atoms with E-state index in [1.165, 1.54) is 5.56 Å². The topological polar surface area (TPSA) is 32.3 Å². The van der Waals surface area contributed by atoms with Crippen LogP contribution in [0.5, 0.6) is 0 Å². The third-order valence-corrected chi connectivity index (χ3v) is 5.62. The van der Waals surface area contributed by atoms with Gasteiger partial charge in [0.05, 0.1) is 6.04 Å². The highest BCUT2D eigenvalue weighted by atomic mass is 35.5. The van der Waals surface area contributed by atoms with Crippen molar-refractivity contribution in [2.75, 3.05) is 13.1 Å². The number of hydrogen-bond acceptors (Lipinski definition) is 2. The molecule has 2 aromatic carbocycles. The van der Waals surface area contributed by atoms with Crippen LogP contribution in [0.15, 0.2) is 48.5 Å². The molecule has 1 aliphatic heterocycles. The average Bonchev–Trinajstić information content (AvgIpc) is 2.64. The lowest BCUT2D eigenvalue weighted by Gasteiger charge is -2.32. The number of benzene rings is 2. The molecular formula is C22H27ClN2O. The molecule has 4 heteroatoms. The van der Waals surface area contributed by atoms with Crippen LogP contribution in [0.2, 0.25) is 5.02 Å². The van der Waals surface area contributed by atoms with Crippen molar-refractivity contribution in [1.82, 2.24) is 10.2 Å². The second-order valence-corrected chi connectivity index (χ2v) is 7.69. The van der Waals surface area contributed by atoms with Gasteiger partial charge in [-0.2, -0.15) is 0 Å². The van der Waals surface area contributed by atoms with Gasteiger partial charge in [-0.1, -0.05) is 59.6 Å². The molecule has 0 unspecified atom stereocenters. The maximum absolute atomic E-state index is 12.6. The maximum atomic E-state index is 12.6. The molecule has 26 heavy (non-hydrogen) atoms. The summed E-state index contributed by atoms with van der Waals surface area (Å²) in [5, 5.41) is 4.00. The van der Waals surface area contributed by atoms with E-state index in [1.54, 1.807) is 0 Å². The summed E-state index contributed by atoms with van der Waals surface area (Å²) in [6.45, 7) is 6.84. The molecule has 1 heterocycles. The number of amides is 1. The predicted octanol–water partition coefficient (Wildman–Crippen LogP) is 4.74. The fourth-order valence-electron chi connectivity index (χ4n) is 3.49. The molecular weight excluding hydrogens is 344 g/mol. The minimum atomic E-state index is 0.0456. The summed E-state index contributed by atoms with van der Waals surface area (Å²) in [6.07, 6.45) is 1.80.